The molecule has 2 aromatic heterocycles. The number of rotatable bonds is 5. The van der Waals surface area contributed by atoms with Crippen LogP contribution >= 0.6 is 0 Å². The number of nitrogens with two attached hydrogens (primary N) is 1. The van der Waals surface area contributed by atoms with Crippen molar-refractivity contribution >= 4 is 23.1 Å². The van der Waals surface area contributed by atoms with Crippen molar-refractivity contribution in [2.45, 2.75) is 33.6 Å². The molecule has 0 aliphatic carbocycles. The number of fused-ring (bicyclic) bond motifs is 1. The Bertz CT molecular complexity index is 1060. The minimum atomic E-state index is -0.585. The molecular weight excluding hydrogens is 349 g/mol. The normalized spacial score (nSPS) is 11.0. The van der Waals surface area contributed by atoms with Gasteiger partial charge in [-0.25, -0.2) is 13.9 Å². The quantitative estimate of drug-likeness (QED) is 0.721. The fraction of sp³-hybridized carbons (Fsp3) is 0.263. The number of nitrogens with one attached hydrogen (secondary N) is 1. The molecule has 140 valence electrons. The van der Waals surface area contributed by atoms with Gasteiger partial charge in [0.2, 0.25) is 5.91 Å². The highest BCUT2D eigenvalue weighted by Crippen LogP contribution is 2.20. The number of benzene rings is 1. The molecule has 3 rings (SSSR count). The molecule has 3 aromatic rings. The summed E-state index contributed by atoms with van der Waals surface area (Å²) in [6.45, 7) is 5.41. The third-order valence-corrected chi connectivity index (χ3v) is 4.54. The van der Waals surface area contributed by atoms with Gasteiger partial charge in [-0.05, 0) is 56.5 Å². The van der Waals surface area contributed by atoms with Gasteiger partial charge >= 0.3 is 0 Å². The second-order valence-electron chi connectivity index (χ2n) is 6.43. The summed E-state index contributed by atoms with van der Waals surface area (Å²) in [6.07, 6.45) is 2.08. The van der Waals surface area contributed by atoms with Crippen LogP contribution in [0.15, 0.2) is 24.4 Å². The van der Waals surface area contributed by atoms with Crippen molar-refractivity contribution < 1.29 is 14.0 Å². The van der Waals surface area contributed by atoms with Crippen molar-refractivity contribution in [2.75, 3.05) is 5.32 Å². The monoisotopic (exact) mass is 369 g/mol. The molecule has 0 saturated carbocycles. The number of amides is 2. The van der Waals surface area contributed by atoms with E-state index in [4.69, 9.17) is 5.73 Å². The highest BCUT2D eigenvalue weighted by Gasteiger charge is 2.17. The molecule has 0 aliphatic heterocycles. The number of anilines is 1. The minimum Gasteiger partial charge on any atom is -0.365 e. The number of carbonyl (C=O) groups excluding carboxylic acids is 2. The molecule has 0 atom stereocenters. The maximum Gasteiger partial charge on any atom is 0.254 e. The van der Waals surface area contributed by atoms with Gasteiger partial charge in [-0.2, -0.15) is 5.10 Å². The Hall–Kier alpha value is -3.29. The van der Waals surface area contributed by atoms with Crippen molar-refractivity contribution in [3.63, 3.8) is 0 Å². The van der Waals surface area contributed by atoms with Crippen molar-refractivity contribution in [3.8, 4) is 0 Å². The van der Waals surface area contributed by atoms with E-state index in [-0.39, 0.29) is 23.7 Å². The fourth-order valence-electron chi connectivity index (χ4n) is 3.07. The molecule has 0 spiro atoms. The molecule has 7 nitrogen and oxygen atoms in total. The summed E-state index contributed by atoms with van der Waals surface area (Å²) >= 11 is 0. The van der Waals surface area contributed by atoms with E-state index < -0.39 is 5.91 Å². The van der Waals surface area contributed by atoms with Crippen LogP contribution in [0.4, 0.5) is 10.1 Å². The Kier molecular flexibility index (Phi) is 4.89. The first-order chi connectivity index (χ1) is 12.8. The Labute approximate surface area is 155 Å². The zero-order valence-corrected chi connectivity index (χ0v) is 15.3. The summed E-state index contributed by atoms with van der Waals surface area (Å²) in [6, 6.07) is 4.22. The van der Waals surface area contributed by atoms with Crippen LogP contribution in [0.2, 0.25) is 0 Å². The number of nitrogens with zero attached hydrogens (tertiary/aromatic N) is 3. The predicted octanol–water partition coefficient (Wildman–Crippen LogP) is 2.46. The van der Waals surface area contributed by atoms with Gasteiger partial charge in [-0.1, -0.05) is 0 Å². The Balaban J connectivity index is 1.78. The van der Waals surface area contributed by atoms with Gasteiger partial charge in [0, 0.05) is 23.5 Å². The van der Waals surface area contributed by atoms with Crippen molar-refractivity contribution in [2.24, 2.45) is 5.73 Å². The van der Waals surface area contributed by atoms with Crippen LogP contribution in [0.25, 0.3) is 5.65 Å². The van der Waals surface area contributed by atoms with Crippen LogP contribution in [-0.2, 0) is 11.2 Å². The second-order valence-corrected chi connectivity index (χ2v) is 6.43. The molecular formula is C19H20FN5O2. The maximum atomic E-state index is 13.2. The van der Waals surface area contributed by atoms with Crippen LogP contribution in [0, 0.1) is 26.6 Å². The number of aryl methyl sites for hydroxylation is 3. The first-order valence-corrected chi connectivity index (χ1v) is 8.47. The van der Waals surface area contributed by atoms with E-state index in [2.05, 4.69) is 15.4 Å². The largest absolute Gasteiger partial charge is 0.365 e. The lowest BCUT2D eigenvalue weighted by molar-refractivity contribution is -0.116. The molecule has 2 heterocycles. The van der Waals surface area contributed by atoms with E-state index in [9.17, 15) is 14.0 Å². The van der Waals surface area contributed by atoms with Gasteiger partial charge in [0.1, 0.15) is 11.4 Å². The number of primary amides is 1. The fourth-order valence-corrected chi connectivity index (χ4v) is 3.07. The van der Waals surface area contributed by atoms with Gasteiger partial charge in [0.05, 0.1) is 6.20 Å². The van der Waals surface area contributed by atoms with Gasteiger partial charge in [0.25, 0.3) is 5.91 Å². The number of hydrogen-bond donors (Lipinski definition) is 2. The molecule has 1 aromatic carbocycles. The predicted molar refractivity (Wildman–Crippen MR) is 99.1 cm³/mol. The third kappa shape index (κ3) is 3.64. The second kappa shape index (κ2) is 7.14. The molecule has 0 unspecified atom stereocenters. The third-order valence-electron chi connectivity index (χ3n) is 4.54. The lowest BCUT2D eigenvalue weighted by Gasteiger charge is -2.12. The highest BCUT2D eigenvalue weighted by atomic mass is 19.1. The lowest BCUT2D eigenvalue weighted by atomic mass is 10.1. The number of carbonyl (C=O) groups is 2. The van der Waals surface area contributed by atoms with Crippen LogP contribution in [0.5, 0.6) is 0 Å². The Morgan fingerprint density at radius 2 is 2.00 bits per heavy atom. The van der Waals surface area contributed by atoms with Crippen molar-refractivity contribution in [3.05, 3.63) is 58.3 Å². The number of halogens is 1. The Morgan fingerprint density at radius 3 is 2.67 bits per heavy atom. The van der Waals surface area contributed by atoms with E-state index in [1.165, 1.54) is 18.3 Å². The van der Waals surface area contributed by atoms with Crippen molar-refractivity contribution in [1.29, 1.82) is 0 Å². The van der Waals surface area contributed by atoms with Crippen LogP contribution in [0.3, 0.4) is 0 Å². The number of aromatic nitrogens is 3. The smallest absolute Gasteiger partial charge is 0.254 e. The van der Waals surface area contributed by atoms with Gasteiger partial charge < -0.3 is 11.1 Å². The first-order valence-electron chi connectivity index (χ1n) is 8.47. The van der Waals surface area contributed by atoms with Crippen LogP contribution in [0.1, 0.15) is 39.3 Å². The van der Waals surface area contributed by atoms with E-state index in [0.29, 0.717) is 29.0 Å². The molecule has 0 aliphatic rings. The summed E-state index contributed by atoms with van der Waals surface area (Å²) in [7, 11) is 0. The molecule has 3 N–H and O–H groups in total. The summed E-state index contributed by atoms with van der Waals surface area (Å²) in [4.78, 5) is 28.2. The van der Waals surface area contributed by atoms with Gasteiger partial charge in [0.15, 0.2) is 5.65 Å². The first kappa shape index (κ1) is 18.5. The molecule has 0 bridgehead atoms. The van der Waals surface area contributed by atoms with E-state index in [0.717, 1.165) is 11.3 Å². The highest BCUT2D eigenvalue weighted by molar-refractivity contribution is 5.98. The van der Waals surface area contributed by atoms with E-state index in [1.54, 1.807) is 17.5 Å². The topological polar surface area (TPSA) is 102 Å². The van der Waals surface area contributed by atoms with Gasteiger partial charge in [-0.15, -0.1) is 0 Å². The van der Waals surface area contributed by atoms with Crippen molar-refractivity contribution in [1.82, 2.24) is 14.6 Å². The molecule has 8 heteroatoms. The maximum absolute atomic E-state index is 13.2. The minimum absolute atomic E-state index is 0.179. The molecule has 0 fully saturated rings. The summed E-state index contributed by atoms with van der Waals surface area (Å²) in [5.41, 5.74) is 9.66. The lowest BCUT2D eigenvalue weighted by Crippen LogP contribution is -2.15. The molecule has 0 saturated heterocycles. The average molecular weight is 369 g/mol. The molecule has 2 amide bonds. The van der Waals surface area contributed by atoms with Gasteiger partial charge in [-0.3, -0.25) is 9.59 Å². The zero-order chi connectivity index (χ0) is 19.7. The molecule has 0 radical (unpaired) electrons. The van der Waals surface area contributed by atoms with Crippen LogP contribution in [-0.4, -0.2) is 26.4 Å². The summed E-state index contributed by atoms with van der Waals surface area (Å²) in [5.74, 6) is -1.11. The molecule has 27 heavy (non-hydrogen) atoms. The average Bonchev–Trinajstić information content (AvgIpc) is 3.01. The van der Waals surface area contributed by atoms with E-state index >= 15 is 0 Å². The number of hydrogen-bond acceptors (Lipinski definition) is 4. The zero-order valence-electron chi connectivity index (χ0n) is 15.3. The SMILES string of the molecule is Cc1cc(F)ccc1NC(=O)CCc1c(C)nc2c(C(N)=O)cnn2c1C. The summed E-state index contributed by atoms with van der Waals surface area (Å²) < 4.78 is 14.7. The van der Waals surface area contributed by atoms with E-state index in [1.807, 2.05) is 13.8 Å². The van der Waals surface area contributed by atoms with Crippen LogP contribution < -0.4 is 11.1 Å². The standard InChI is InChI=1S/C19H20FN5O2/c1-10-8-13(20)4-6-16(10)24-17(26)7-5-14-11(2)23-19-15(18(21)27)9-22-25(19)12(14)3/h4,6,8-9H,5,7H2,1-3H3,(H2,21,27)(H,24,26). The Morgan fingerprint density at radius 1 is 1.26 bits per heavy atom. The summed E-state index contributed by atoms with van der Waals surface area (Å²) in [5, 5.41) is 6.97.